The van der Waals surface area contributed by atoms with Gasteiger partial charge in [0.05, 0.1) is 7.11 Å². The molecule has 1 aliphatic carbocycles. The molecule has 0 unspecified atom stereocenters. The Morgan fingerprint density at radius 1 is 0.341 bits per heavy atom. The third-order valence-electron chi connectivity index (χ3n) is 15.6. The molecule has 2 heteroatoms. The van der Waals surface area contributed by atoms with Crippen LogP contribution in [-0.4, -0.2) is 31.6 Å². The van der Waals surface area contributed by atoms with Gasteiger partial charge in [0.1, 0.15) is 5.75 Å². The highest BCUT2D eigenvalue weighted by molar-refractivity contribution is 5.27. The summed E-state index contributed by atoms with van der Waals surface area (Å²) in [5.74, 6) is 1.93. The molecule has 2 nitrogen and oxygen atoms in total. The van der Waals surface area contributed by atoms with Gasteiger partial charge < -0.3 is 9.64 Å². The zero-order chi connectivity index (χ0) is 72.5. The van der Waals surface area contributed by atoms with Crippen LogP contribution in [-0.2, 0) is 12.8 Å². The first kappa shape index (κ1) is 100. The van der Waals surface area contributed by atoms with E-state index in [1.54, 1.807) is 7.11 Å². The molecule has 0 atom stereocenters. The molecule has 1 heterocycles. The lowest BCUT2D eigenvalue weighted by molar-refractivity contribution is 0.180. The third-order valence-corrected chi connectivity index (χ3v) is 15.6. The fraction of sp³-hybridized carbons (Fsp3) is 0.865. The Balaban J connectivity index is -0.000000223. The largest absolute Gasteiger partial charge is 0.497 e. The molecule has 0 amide bonds. The number of likely N-dealkylation sites (tertiary alicyclic amines) is 1. The lowest BCUT2D eigenvalue weighted by atomic mass is 9.72. The molecular formula is C89H179NO. The number of unbranched alkanes of at least 4 members (excludes halogenated alkanes) is 6. The summed E-state index contributed by atoms with van der Waals surface area (Å²) < 4.78 is 5.10. The van der Waals surface area contributed by atoms with Crippen LogP contribution in [0.3, 0.4) is 0 Å². The molecule has 91 heavy (non-hydrogen) atoms. The summed E-state index contributed by atoms with van der Waals surface area (Å²) in [6.45, 7) is 85.9. The average Bonchev–Trinajstić information content (AvgIpc) is 2.49. The van der Waals surface area contributed by atoms with E-state index in [1.165, 1.54) is 185 Å². The predicted molar refractivity (Wildman–Crippen MR) is 426 cm³/mol. The molecule has 1 saturated carbocycles. The zero-order valence-electron chi connectivity index (χ0n) is 70.6. The van der Waals surface area contributed by atoms with Crippen LogP contribution in [0.15, 0.2) is 54.6 Å². The van der Waals surface area contributed by atoms with E-state index in [9.17, 15) is 0 Å². The summed E-state index contributed by atoms with van der Waals surface area (Å²) in [5, 5.41) is 0. The van der Waals surface area contributed by atoms with E-state index < -0.39 is 0 Å². The lowest BCUT2D eigenvalue weighted by Crippen LogP contribution is -2.32. The fourth-order valence-electron chi connectivity index (χ4n) is 9.65. The summed E-state index contributed by atoms with van der Waals surface area (Å²) >= 11 is 0. The minimum absolute atomic E-state index is 0.356. The summed E-state index contributed by atoms with van der Waals surface area (Å²) in [4.78, 5) is 2.62. The molecule has 2 fully saturated rings. The highest BCUT2D eigenvalue weighted by atomic mass is 16.5. The molecule has 0 aromatic heterocycles. The lowest BCUT2D eigenvalue weighted by Gasteiger charge is -2.33. The molecule has 0 radical (unpaired) electrons. The first-order valence-electron chi connectivity index (χ1n) is 38.5. The van der Waals surface area contributed by atoms with Gasteiger partial charge in [-0.1, -0.05) is 388 Å². The predicted octanol–water partition coefficient (Wildman–Crippen LogP) is 31.2. The van der Waals surface area contributed by atoms with Crippen LogP contribution in [0.25, 0.3) is 0 Å². The van der Waals surface area contributed by atoms with E-state index in [1.807, 2.05) is 12.1 Å². The monoisotopic (exact) mass is 1280 g/mol. The van der Waals surface area contributed by atoms with E-state index in [0.717, 1.165) is 24.5 Å². The molecule has 2 aromatic rings. The van der Waals surface area contributed by atoms with Crippen molar-refractivity contribution in [1.82, 2.24) is 4.90 Å². The second kappa shape index (κ2) is 53.3. The minimum Gasteiger partial charge on any atom is -0.497 e. The maximum absolute atomic E-state index is 5.10. The van der Waals surface area contributed by atoms with Gasteiger partial charge in [0.2, 0.25) is 0 Å². The average molecular weight is 1280 g/mol. The number of hydrogen-bond donors (Lipinski definition) is 0. The van der Waals surface area contributed by atoms with E-state index in [2.05, 4.69) is 297 Å². The highest BCUT2D eigenvalue weighted by Gasteiger charge is 2.25. The van der Waals surface area contributed by atoms with E-state index >= 15 is 0 Å². The van der Waals surface area contributed by atoms with Crippen LogP contribution in [0.2, 0.25) is 0 Å². The van der Waals surface area contributed by atoms with Gasteiger partial charge >= 0.3 is 0 Å². The molecule has 4 rings (SSSR count). The van der Waals surface area contributed by atoms with Crippen LogP contribution in [0.4, 0.5) is 0 Å². The number of hydrogen-bond acceptors (Lipinski definition) is 2. The molecule has 1 aliphatic heterocycles. The van der Waals surface area contributed by atoms with Crippen LogP contribution >= 0.6 is 0 Å². The summed E-state index contributed by atoms with van der Waals surface area (Å²) in [6.07, 6.45) is 35.8. The topological polar surface area (TPSA) is 12.5 Å². The second-order valence-corrected chi connectivity index (χ2v) is 40.0. The van der Waals surface area contributed by atoms with Crippen molar-refractivity contribution < 1.29 is 4.74 Å². The van der Waals surface area contributed by atoms with Crippen molar-refractivity contribution in [2.24, 2.45) is 60.1 Å². The Labute approximate surface area is 581 Å². The Morgan fingerprint density at radius 3 is 0.945 bits per heavy atom. The first-order valence-corrected chi connectivity index (χ1v) is 38.5. The van der Waals surface area contributed by atoms with Gasteiger partial charge in [-0.2, -0.15) is 0 Å². The standard InChI is InChI=1S/C12H18O.C11H23N.C11H16.C10H20.C10H22.C9H20.C8H18.C7H16.C6H14.C5H12/c1-12(2,3)9-10-5-7-11(13-4)8-6-10;1-11(2,3)7-10-12-8-5-4-6-9-12;1-11(2,3)9-10-7-5-4-6-8-10;1-10(2,3)9-7-5-4-6-8-9;1-5-6-7-8-9-10(2,3)4;1-5-6-7-8-9(2,3)4;1-5-6-7-8(2,3)4;1-5-6-7(2,3)4;1-5-6(2,3)4;1-5(2,3)4/h5-8H,9H2,1-4H3;4-10H2,1-3H3;4-8H,9H2,1-3H3;9H,4-8H2,1-3H3;5-9H2,1-4H3;5-8H2,1-4H3;5-7H2,1-4H3;5-6H2,1-4H3;5H2,1-4H3;1-4H3. The van der Waals surface area contributed by atoms with Crippen LogP contribution in [0, 0.1) is 60.1 Å². The summed E-state index contributed by atoms with van der Waals surface area (Å²) in [7, 11) is 1.69. The Bertz CT molecular complexity index is 1780. The SMILES string of the molecule is CC(C)(C)C.CC(C)(C)C1CCCCC1.CC(C)(C)CCN1CCCCC1.CC(C)(C)Cc1ccccc1.CCC(C)(C)C.CCCC(C)(C)C.CCCCC(C)(C)C.CCCCCC(C)(C)C.CCCCCCC(C)(C)C.COc1ccc(CC(C)(C)C)cc1. The van der Waals surface area contributed by atoms with Crippen molar-refractivity contribution in [2.45, 2.75) is 416 Å². The number of methoxy groups -OCH3 is 1. The van der Waals surface area contributed by atoms with Gasteiger partial charge in [-0.25, -0.2) is 0 Å². The molecule has 0 N–H and O–H groups in total. The van der Waals surface area contributed by atoms with Crippen molar-refractivity contribution >= 4 is 0 Å². The van der Waals surface area contributed by atoms with Gasteiger partial charge in [0, 0.05) is 0 Å². The van der Waals surface area contributed by atoms with Crippen LogP contribution < -0.4 is 4.74 Å². The number of rotatable bonds is 15. The molecule has 2 aromatic carbocycles. The molecule has 2 aliphatic rings. The van der Waals surface area contributed by atoms with Crippen LogP contribution in [0.1, 0.15) is 414 Å². The van der Waals surface area contributed by atoms with Crippen molar-refractivity contribution in [1.29, 1.82) is 0 Å². The minimum atomic E-state index is 0.356. The number of piperidine rings is 1. The number of nitrogens with zero attached hydrogens (tertiary/aromatic N) is 1. The number of ether oxygens (including phenoxy) is 1. The maximum Gasteiger partial charge on any atom is 0.118 e. The van der Waals surface area contributed by atoms with Crippen molar-refractivity contribution in [2.75, 3.05) is 26.7 Å². The maximum atomic E-state index is 5.10. The second-order valence-electron chi connectivity index (χ2n) is 40.0. The smallest absolute Gasteiger partial charge is 0.118 e. The quantitative estimate of drug-likeness (QED) is 0.165. The third kappa shape index (κ3) is 99.4. The van der Waals surface area contributed by atoms with Crippen molar-refractivity contribution in [3.8, 4) is 5.75 Å². The van der Waals surface area contributed by atoms with Gasteiger partial charge in [-0.3, -0.25) is 0 Å². The fourth-order valence-corrected chi connectivity index (χ4v) is 9.65. The molecule has 0 spiro atoms. The zero-order valence-corrected chi connectivity index (χ0v) is 70.6. The Hall–Kier alpha value is -1.80. The van der Waals surface area contributed by atoms with Gasteiger partial charge in [-0.05, 0) is 174 Å². The van der Waals surface area contributed by atoms with Crippen molar-refractivity contribution in [3.05, 3.63) is 65.7 Å². The first-order chi connectivity index (χ1) is 41.1. The normalized spacial score (nSPS) is 14.3. The molecule has 546 valence electrons. The van der Waals surface area contributed by atoms with Gasteiger partial charge in [-0.15, -0.1) is 0 Å². The van der Waals surface area contributed by atoms with Crippen molar-refractivity contribution in [3.63, 3.8) is 0 Å². The Morgan fingerprint density at radius 2 is 0.670 bits per heavy atom. The van der Waals surface area contributed by atoms with E-state index in [4.69, 9.17) is 4.74 Å². The van der Waals surface area contributed by atoms with Crippen LogP contribution in [0.5, 0.6) is 5.75 Å². The summed E-state index contributed by atoms with van der Waals surface area (Å²) in [6, 6.07) is 18.9. The molecule has 1 saturated heterocycles. The number of benzene rings is 2. The van der Waals surface area contributed by atoms with E-state index in [-0.39, 0.29) is 0 Å². The van der Waals surface area contributed by atoms with E-state index in [0.29, 0.717) is 54.1 Å². The highest BCUT2D eigenvalue weighted by Crippen LogP contribution is 2.37. The Kier molecular flexibility index (Phi) is 58.7. The van der Waals surface area contributed by atoms with Gasteiger partial charge in [0.25, 0.3) is 0 Å². The molecular weight excluding hydrogens is 1100 g/mol. The summed E-state index contributed by atoms with van der Waals surface area (Å²) in [5.41, 5.74) is 7.88. The molecule has 0 bridgehead atoms. The van der Waals surface area contributed by atoms with Gasteiger partial charge in [0.15, 0.2) is 0 Å².